The van der Waals surface area contributed by atoms with E-state index >= 15 is 0 Å². The number of hydrogen-bond donors (Lipinski definition) is 0. The monoisotopic (exact) mass is 324 g/mol. The van der Waals surface area contributed by atoms with Crippen LogP contribution in [0.1, 0.15) is 18.1 Å². The second-order valence-electron chi connectivity index (χ2n) is 5.33. The van der Waals surface area contributed by atoms with Crippen LogP contribution in [0.4, 0.5) is 0 Å². The predicted octanol–water partition coefficient (Wildman–Crippen LogP) is 4.63. The van der Waals surface area contributed by atoms with Gasteiger partial charge in [-0.05, 0) is 24.1 Å². The van der Waals surface area contributed by atoms with Gasteiger partial charge in [0, 0.05) is 17.7 Å². The van der Waals surface area contributed by atoms with Crippen molar-refractivity contribution in [3.63, 3.8) is 0 Å². The lowest BCUT2D eigenvalue weighted by molar-refractivity contribution is -0.139. The molecule has 0 saturated heterocycles. The average Bonchev–Trinajstić information content (AvgIpc) is 2.61. The Morgan fingerprint density at radius 2 is 1.65 bits per heavy atom. The molecule has 0 fully saturated rings. The zero-order valence-electron chi connectivity index (χ0n) is 13.1. The molecule has 0 spiro atoms. The third-order valence-electron chi connectivity index (χ3n) is 3.46. The second kappa shape index (κ2) is 7.99. The molecule has 2 aromatic carbocycles. The molecule has 0 amide bonds. The van der Waals surface area contributed by atoms with Crippen LogP contribution in [0.5, 0.6) is 0 Å². The van der Waals surface area contributed by atoms with Crippen LogP contribution in [0, 0.1) is 0 Å². The van der Waals surface area contributed by atoms with E-state index in [0.29, 0.717) is 6.61 Å². The summed E-state index contributed by atoms with van der Waals surface area (Å²) < 4.78 is 0. The fourth-order valence-electron chi connectivity index (χ4n) is 2.21. The van der Waals surface area contributed by atoms with Gasteiger partial charge in [-0.25, -0.2) is 5.06 Å². The first-order valence-electron chi connectivity index (χ1n) is 7.64. The number of nitrogens with zero attached hydrogens (tertiary/aromatic N) is 2. The van der Waals surface area contributed by atoms with E-state index in [2.05, 4.69) is 41.4 Å². The zero-order chi connectivity index (χ0) is 15.9. The maximum atomic E-state index is 5.94. The third kappa shape index (κ3) is 4.71. The van der Waals surface area contributed by atoms with Crippen LogP contribution < -0.4 is 0 Å². The van der Waals surface area contributed by atoms with Gasteiger partial charge in [-0.1, -0.05) is 60.7 Å². The van der Waals surface area contributed by atoms with Crippen LogP contribution in [-0.4, -0.2) is 16.3 Å². The Hall–Kier alpha value is -2.04. The van der Waals surface area contributed by atoms with Crippen molar-refractivity contribution >= 4 is 17.5 Å². The van der Waals surface area contributed by atoms with Crippen molar-refractivity contribution in [2.24, 2.45) is 4.99 Å². The highest BCUT2D eigenvalue weighted by Gasteiger charge is 2.19. The average molecular weight is 324 g/mol. The Bertz CT molecular complexity index is 670. The Kier molecular flexibility index (Phi) is 5.51. The van der Waals surface area contributed by atoms with Gasteiger partial charge in [-0.2, -0.15) is 0 Å². The molecule has 0 radical (unpaired) electrons. The van der Waals surface area contributed by atoms with Gasteiger partial charge in [0.25, 0.3) is 0 Å². The maximum Gasteiger partial charge on any atom is 0.192 e. The minimum absolute atomic E-state index is 0.0519. The topological polar surface area (TPSA) is 24.8 Å². The number of hydroxylamine groups is 2. The SMILES string of the molecule is CC1=NC(SCc2ccccc2)N(OCc2ccccc2)C=C1. The summed E-state index contributed by atoms with van der Waals surface area (Å²) in [6, 6.07) is 20.6. The Morgan fingerprint density at radius 3 is 2.35 bits per heavy atom. The van der Waals surface area contributed by atoms with Gasteiger partial charge in [0.15, 0.2) is 5.50 Å². The van der Waals surface area contributed by atoms with Crippen LogP contribution in [0.25, 0.3) is 0 Å². The predicted molar refractivity (Wildman–Crippen MR) is 96.8 cm³/mol. The fraction of sp³-hybridized carbons (Fsp3) is 0.211. The van der Waals surface area contributed by atoms with Crippen molar-refractivity contribution in [2.75, 3.05) is 0 Å². The highest BCUT2D eigenvalue weighted by Crippen LogP contribution is 2.25. The van der Waals surface area contributed by atoms with E-state index in [1.807, 2.05) is 48.5 Å². The summed E-state index contributed by atoms with van der Waals surface area (Å²) in [6.45, 7) is 2.56. The van der Waals surface area contributed by atoms with Crippen molar-refractivity contribution in [2.45, 2.75) is 24.8 Å². The van der Waals surface area contributed by atoms with Crippen LogP contribution in [0.3, 0.4) is 0 Å². The summed E-state index contributed by atoms with van der Waals surface area (Å²) in [7, 11) is 0. The molecular weight excluding hydrogens is 304 g/mol. The lowest BCUT2D eigenvalue weighted by Crippen LogP contribution is -2.30. The Labute approximate surface area is 141 Å². The molecule has 0 saturated carbocycles. The first kappa shape index (κ1) is 15.8. The minimum Gasteiger partial charge on any atom is -0.266 e. The smallest absolute Gasteiger partial charge is 0.192 e. The van der Waals surface area contributed by atoms with Gasteiger partial charge in [0.2, 0.25) is 0 Å². The fourth-order valence-corrected chi connectivity index (χ4v) is 3.27. The van der Waals surface area contributed by atoms with Crippen molar-refractivity contribution < 1.29 is 4.84 Å². The third-order valence-corrected chi connectivity index (χ3v) is 4.57. The van der Waals surface area contributed by atoms with E-state index in [-0.39, 0.29) is 5.50 Å². The van der Waals surface area contributed by atoms with Gasteiger partial charge in [0.05, 0.1) is 0 Å². The zero-order valence-corrected chi connectivity index (χ0v) is 13.9. The standard InChI is InChI=1S/C19H20N2OS/c1-16-12-13-21(22-14-17-8-4-2-5-9-17)19(20-16)23-15-18-10-6-3-7-11-18/h2-13,19H,14-15H2,1H3. The molecule has 0 N–H and O–H groups in total. The normalized spacial score (nSPS) is 17.2. The Balaban J connectivity index is 1.60. The molecule has 4 heteroatoms. The number of aliphatic imine (C=N–C) groups is 1. The minimum atomic E-state index is -0.0519. The van der Waals surface area contributed by atoms with E-state index in [1.54, 1.807) is 11.8 Å². The highest BCUT2D eigenvalue weighted by molar-refractivity contribution is 7.99. The van der Waals surface area contributed by atoms with Crippen LogP contribution >= 0.6 is 11.8 Å². The largest absolute Gasteiger partial charge is 0.266 e. The quantitative estimate of drug-likeness (QED) is 0.775. The van der Waals surface area contributed by atoms with Crippen molar-refractivity contribution in [3.05, 3.63) is 84.1 Å². The summed E-state index contributed by atoms with van der Waals surface area (Å²) in [5.41, 5.74) is 3.42. The lowest BCUT2D eigenvalue weighted by Gasteiger charge is -2.29. The molecule has 3 rings (SSSR count). The molecule has 0 aliphatic carbocycles. The van der Waals surface area contributed by atoms with Gasteiger partial charge >= 0.3 is 0 Å². The first-order chi connectivity index (χ1) is 11.3. The van der Waals surface area contributed by atoms with Crippen LogP contribution in [0.15, 0.2) is 77.9 Å². The highest BCUT2D eigenvalue weighted by atomic mass is 32.2. The molecule has 1 atom stereocenters. The van der Waals surface area contributed by atoms with Crippen LogP contribution in [0.2, 0.25) is 0 Å². The van der Waals surface area contributed by atoms with Crippen LogP contribution in [-0.2, 0) is 17.2 Å². The van der Waals surface area contributed by atoms with E-state index in [0.717, 1.165) is 17.0 Å². The molecule has 23 heavy (non-hydrogen) atoms. The number of allylic oxidation sites excluding steroid dienone is 1. The van der Waals surface area contributed by atoms with Gasteiger partial charge in [-0.3, -0.25) is 9.83 Å². The molecule has 0 aromatic heterocycles. The van der Waals surface area contributed by atoms with Gasteiger partial charge in [-0.15, -0.1) is 11.8 Å². The molecule has 3 nitrogen and oxygen atoms in total. The Morgan fingerprint density at radius 1 is 1.00 bits per heavy atom. The van der Waals surface area contributed by atoms with E-state index in [1.165, 1.54) is 5.56 Å². The molecule has 118 valence electrons. The van der Waals surface area contributed by atoms with Crippen molar-refractivity contribution in [3.8, 4) is 0 Å². The summed E-state index contributed by atoms with van der Waals surface area (Å²) in [6.07, 6.45) is 3.94. The summed E-state index contributed by atoms with van der Waals surface area (Å²) in [4.78, 5) is 10.6. The molecular formula is C19H20N2OS. The van der Waals surface area contributed by atoms with E-state index < -0.39 is 0 Å². The number of rotatable bonds is 6. The van der Waals surface area contributed by atoms with Gasteiger partial charge < -0.3 is 0 Å². The molecule has 1 unspecified atom stereocenters. The summed E-state index contributed by atoms with van der Waals surface area (Å²) in [5, 5.41) is 1.84. The molecule has 1 aliphatic rings. The van der Waals surface area contributed by atoms with Gasteiger partial charge in [0.1, 0.15) is 6.61 Å². The number of thioether (sulfide) groups is 1. The van der Waals surface area contributed by atoms with E-state index in [9.17, 15) is 0 Å². The lowest BCUT2D eigenvalue weighted by atomic mass is 10.2. The van der Waals surface area contributed by atoms with E-state index in [4.69, 9.17) is 4.84 Å². The number of benzene rings is 2. The van der Waals surface area contributed by atoms with Crippen molar-refractivity contribution in [1.82, 2.24) is 5.06 Å². The second-order valence-corrected chi connectivity index (χ2v) is 6.37. The maximum absolute atomic E-state index is 5.94. The molecule has 1 aliphatic heterocycles. The number of hydrogen-bond acceptors (Lipinski definition) is 4. The van der Waals surface area contributed by atoms with Crippen molar-refractivity contribution in [1.29, 1.82) is 0 Å². The summed E-state index contributed by atoms with van der Waals surface area (Å²) >= 11 is 1.76. The molecule has 2 aromatic rings. The first-order valence-corrected chi connectivity index (χ1v) is 8.69. The summed E-state index contributed by atoms with van der Waals surface area (Å²) in [5.74, 6) is 0.904. The molecule has 1 heterocycles. The molecule has 0 bridgehead atoms.